The Hall–Kier alpha value is -2.10. The van der Waals surface area contributed by atoms with Gasteiger partial charge in [-0.25, -0.2) is 0 Å². The third-order valence-corrected chi connectivity index (χ3v) is 4.53. The lowest BCUT2D eigenvalue weighted by molar-refractivity contribution is -0.132. The van der Waals surface area contributed by atoms with E-state index < -0.39 is 0 Å². The van der Waals surface area contributed by atoms with Crippen LogP contribution in [0.25, 0.3) is 10.9 Å². The second-order valence-corrected chi connectivity index (χ2v) is 5.94. The van der Waals surface area contributed by atoms with Gasteiger partial charge >= 0.3 is 0 Å². The van der Waals surface area contributed by atoms with Crippen LogP contribution in [0, 0.1) is 0 Å². The van der Waals surface area contributed by atoms with Gasteiger partial charge in [0.05, 0.1) is 5.52 Å². The summed E-state index contributed by atoms with van der Waals surface area (Å²) in [6, 6.07) is 6.00. The monoisotopic (exact) mass is 298 g/mol. The van der Waals surface area contributed by atoms with E-state index >= 15 is 0 Å². The molecule has 1 aliphatic heterocycles. The van der Waals surface area contributed by atoms with Crippen molar-refractivity contribution in [2.45, 2.75) is 39.2 Å². The Morgan fingerprint density at radius 3 is 2.68 bits per heavy atom. The van der Waals surface area contributed by atoms with Gasteiger partial charge in [0.1, 0.15) is 6.54 Å². The smallest absolute Gasteiger partial charge is 0.242 e. The van der Waals surface area contributed by atoms with Crippen LogP contribution in [0.4, 0.5) is 0 Å². The average Bonchev–Trinajstić information content (AvgIpc) is 2.93. The van der Waals surface area contributed by atoms with E-state index in [1.807, 2.05) is 27.8 Å². The molecule has 1 aromatic heterocycles. The number of hydrogen-bond acceptors (Lipinski definition) is 2. The quantitative estimate of drug-likeness (QED) is 0.814. The molecular formula is C18H22N2O2. The van der Waals surface area contributed by atoms with E-state index in [9.17, 15) is 9.59 Å². The van der Waals surface area contributed by atoms with E-state index in [4.69, 9.17) is 0 Å². The van der Waals surface area contributed by atoms with Crippen LogP contribution in [0.5, 0.6) is 0 Å². The van der Waals surface area contributed by atoms with Gasteiger partial charge in [0, 0.05) is 30.2 Å². The third kappa shape index (κ3) is 2.65. The fourth-order valence-electron chi connectivity index (χ4n) is 3.36. The number of carbonyl (C=O) groups excluding carboxylic acids is 2. The first-order valence-electron chi connectivity index (χ1n) is 8.08. The molecule has 116 valence electrons. The highest BCUT2D eigenvalue weighted by Crippen LogP contribution is 2.25. The van der Waals surface area contributed by atoms with Gasteiger partial charge < -0.3 is 9.47 Å². The molecule has 0 N–H and O–H groups in total. The van der Waals surface area contributed by atoms with Gasteiger partial charge in [-0.15, -0.1) is 0 Å². The second-order valence-electron chi connectivity index (χ2n) is 5.94. The van der Waals surface area contributed by atoms with Crippen LogP contribution in [-0.4, -0.2) is 34.7 Å². The van der Waals surface area contributed by atoms with Crippen LogP contribution in [0.3, 0.4) is 0 Å². The first-order valence-corrected chi connectivity index (χ1v) is 8.08. The van der Waals surface area contributed by atoms with Crippen molar-refractivity contribution in [1.29, 1.82) is 0 Å². The summed E-state index contributed by atoms with van der Waals surface area (Å²) < 4.78 is 1.95. The highest BCUT2D eigenvalue weighted by Gasteiger charge is 2.19. The van der Waals surface area contributed by atoms with Crippen LogP contribution in [-0.2, 0) is 17.8 Å². The molecule has 1 aromatic carbocycles. The second kappa shape index (κ2) is 6.34. The Labute approximate surface area is 130 Å². The summed E-state index contributed by atoms with van der Waals surface area (Å²) in [6.07, 6.45) is 6.99. The Balaban J connectivity index is 1.95. The largest absolute Gasteiger partial charge is 0.341 e. The molecule has 1 fully saturated rings. The van der Waals surface area contributed by atoms with Gasteiger partial charge in [-0.2, -0.15) is 0 Å². The first-order chi connectivity index (χ1) is 10.7. The van der Waals surface area contributed by atoms with Crippen LogP contribution < -0.4 is 0 Å². The maximum Gasteiger partial charge on any atom is 0.242 e. The molecule has 2 heterocycles. The van der Waals surface area contributed by atoms with Gasteiger partial charge in [0.15, 0.2) is 6.29 Å². The standard InChI is InChI=1S/C18H22N2O2/c1-2-14-7-6-8-16-15(13-21)11-20(18(14)16)12-17(22)19-9-4-3-5-10-19/h6-8,11,13H,2-5,9-10,12H2,1H3. The SMILES string of the molecule is CCc1cccc2c(C=O)cn(CC(=O)N3CCCCC3)c12. The number of aryl methyl sites for hydroxylation is 1. The minimum Gasteiger partial charge on any atom is -0.341 e. The van der Waals surface area contributed by atoms with Crippen molar-refractivity contribution >= 4 is 23.1 Å². The predicted octanol–water partition coefficient (Wildman–Crippen LogP) is 3.03. The first kappa shape index (κ1) is 14.8. The van der Waals surface area contributed by atoms with Crippen molar-refractivity contribution in [1.82, 2.24) is 9.47 Å². The number of aldehydes is 1. The highest BCUT2D eigenvalue weighted by molar-refractivity contribution is 5.99. The van der Waals surface area contributed by atoms with Crippen molar-refractivity contribution in [3.63, 3.8) is 0 Å². The molecule has 1 saturated heterocycles. The van der Waals surface area contributed by atoms with Crippen LogP contribution >= 0.6 is 0 Å². The lowest BCUT2D eigenvalue weighted by Gasteiger charge is -2.27. The maximum atomic E-state index is 12.5. The van der Waals surface area contributed by atoms with Gasteiger partial charge in [-0.05, 0) is 31.2 Å². The van der Waals surface area contributed by atoms with Crippen LogP contribution in [0.2, 0.25) is 0 Å². The molecule has 0 atom stereocenters. The fourth-order valence-corrected chi connectivity index (χ4v) is 3.36. The Kier molecular flexibility index (Phi) is 4.27. The molecule has 3 rings (SSSR count). The van der Waals surface area contributed by atoms with Gasteiger partial charge in [0.25, 0.3) is 0 Å². The normalized spacial score (nSPS) is 15.2. The molecule has 0 spiro atoms. The van der Waals surface area contributed by atoms with E-state index in [0.717, 1.165) is 49.5 Å². The summed E-state index contributed by atoms with van der Waals surface area (Å²) in [7, 11) is 0. The molecule has 0 aliphatic carbocycles. The molecule has 0 unspecified atom stereocenters. The minimum absolute atomic E-state index is 0.153. The lowest BCUT2D eigenvalue weighted by atomic mass is 10.1. The zero-order valence-electron chi connectivity index (χ0n) is 13.0. The summed E-state index contributed by atoms with van der Waals surface area (Å²) in [4.78, 5) is 25.8. The molecule has 4 nitrogen and oxygen atoms in total. The van der Waals surface area contributed by atoms with Crippen molar-refractivity contribution in [2.24, 2.45) is 0 Å². The van der Waals surface area contributed by atoms with E-state index in [2.05, 4.69) is 13.0 Å². The summed E-state index contributed by atoms with van der Waals surface area (Å²) in [5.74, 6) is 0.153. The van der Waals surface area contributed by atoms with E-state index in [1.54, 1.807) is 0 Å². The molecular weight excluding hydrogens is 276 g/mol. The molecule has 0 bridgehead atoms. The number of likely N-dealkylation sites (tertiary alicyclic amines) is 1. The van der Waals surface area contributed by atoms with Gasteiger partial charge in [0.2, 0.25) is 5.91 Å². The zero-order chi connectivity index (χ0) is 15.5. The van der Waals surface area contributed by atoms with E-state index in [-0.39, 0.29) is 5.91 Å². The van der Waals surface area contributed by atoms with Gasteiger partial charge in [-0.3, -0.25) is 9.59 Å². The highest BCUT2D eigenvalue weighted by atomic mass is 16.2. The Morgan fingerprint density at radius 1 is 1.23 bits per heavy atom. The maximum absolute atomic E-state index is 12.5. The number of para-hydroxylation sites is 1. The number of fused-ring (bicyclic) bond motifs is 1. The number of nitrogens with zero attached hydrogens (tertiary/aromatic N) is 2. The van der Waals surface area contributed by atoms with Crippen LogP contribution in [0.15, 0.2) is 24.4 Å². The minimum atomic E-state index is 0.153. The fraction of sp³-hybridized carbons (Fsp3) is 0.444. The number of amides is 1. The third-order valence-electron chi connectivity index (χ3n) is 4.53. The summed E-state index contributed by atoms with van der Waals surface area (Å²) in [6.45, 7) is 4.14. The van der Waals surface area contributed by atoms with Crippen molar-refractivity contribution in [3.05, 3.63) is 35.5 Å². The van der Waals surface area contributed by atoms with Crippen molar-refractivity contribution < 1.29 is 9.59 Å². The summed E-state index contributed by atoms with van der Waals surface area (Å²) in [5, 5.41) is 0.945. The number of carbonyl (C=O) groups is 2. The molecule has 2 aromatic rings. The molecule has 0 radical (unpaired) electrons. The zero-order valence-corrected chi connectivity index (χ0v) is 13.0. The van der Waals surface area contributed by atoms with Crippen molar-refractivity contribution in [2.75, 3.05) is 13.1 Å². The van der Waals surface area contributed by atoms with E-state index in [1.165, 1.54) is 12.0 Å². The predicted molar refractivity (Wildman–Crippen MR) is 87.1 cm³/mol. The molecule has 1 aliphatic rings. The number of piperidine rings is 1. The van der Waals surface area contributed by atoms with Gasteiger partial charge in [-0.1, -0.05) is 25.1 Å². The number of rotatable bonds is 4. The summed E-state index contributed by atoms with van der Waals surface area (Å²) in [5.41, 5.74) is 2.87. The average molecular weight is 298 g/mol. The Morgan fingerprint density at radius 2 is 2.00 bits per heavy atom. The number of benzene rings is 1. The molecule has 4 heteroatoms. The van der Waals surface area contributed by atoms with Crippen molar-refractivity contribution in [3.8, 4) is 0 Å². The molecule has 0 saturated carbocycles. The molecule has 1 amide bonds. The number of aromatic nitrogens is 1. The Bertz CT molecular complexity index is 696. The van der Waals surface area contributed by atoms with Crippen LogP contribution in [0.1, 0.15) is 42.1 Å². The number of hydrogen-bond donors (Lipinski definition) is 0. The molecule has 22 heavy (non-hydrogen) atoms. The van der Waals surface area contributed by atoms with E-state index in [0.29, 0.717) is 12.1 Å². The lowest BCUT2D eigenvalue weighted by Crippen LogP contribution is -2.37. The summed E-state index contributed by atoms with van der Waals surface area (Å²) >= 11 is 0. The topological polar surface area (TPSA) is 42.3 Å².